The van der Waals surface area contributed by atoms with E-state index in [0.717, 1.165) is 12.8 Å². The fourth-order valence-electron chi connectivity index (χ4n) is 1.81. The van der Waals surface area contributed by atoms with Gasteiger partial charge in [-0.15, -0.1) is 0 Å². The SMILES string of the molecule is CCCCCCCCNS(=O)(=O)c1ccc(Cl)cc1. The summed E-state index contributed by atoms with van der Waals surface area (Å²) in [5.41, 5.74) is 0. The molecule has 1 aromatic carbocycles. The molecule has 0 saturated heterocycles. The molecule has 19 heavy (non-hydrogen) atoms. The zero-order valence-corrected chi connectivity index (χ0v) is 12.9. The Balaban J connectivity index is 2.29. The lowest BCUT2D eigenvalue weighted by Gasteiger charge is -2.06. The first-order valence-electron chi connectivity index (χ1n) is 6.81. The molecule has 108 valence electrons. The molecular weight excluding hydrogens is 282 g/mol. The van der Waals surface area contributed by atoms with Crippen molar-refractivity contribution in [2.24, 2.45) is 0 Å². The Kier molecular flexibility index (Phi) is 7.42. The molecule has 0 aromatic heterocycles. The van der Waals surface area contributed by atoms with Gasteiger partial charge in [0.15, 0.2) is 0 Å². The number of hydrogen-bond donors (Lipinski definition) is 1. The minimum atomic E-state index is -3.38. The van der Waals surface area contributed by atoms with Crippen LogP contribution in [0.4, 0.5) is 0 Å². The Morgan fingerprint density at radius 2 is 1.58 bits per heavy atom. The minimum absolute atomic E-state index is 0.267. The molecular formula is C14H22ClNO2S. The van der Waals surface area contributed by atoms with Crippen LogP contribution in [0.2, 0.25) is 5.02 Å². The van der Waals surface area contributed by atoms with Crippen LogP contribution in [0.1, 0.15) is 45.4 Å². The Morgan fingerprint density at radius 3 is 2.21 bits per heavy atom. The number of halogens is 1. The lowest BCUT2D eigenvalue weighted by atomic mass is 10.1. The van der Waals surface area contributed by atoms with Crippen LogP contribution in [0.5, 0.6) is 0 Å². The number of unbranched alkanes of at least 4 members (excludes halogenated alkanes) is 5. The summed E-state index contributed by atoms with van der Waals surface area (Å²) in [5, 5.41) is 0.537. The molecule has 0 bridgehead atoms. The maximum Gasteiger partial charge on any atom is 0.240 e. The number of rotatable bonds is 9. The second-order valence-electron chi connectivity index (χ2n) is 4.62. The number of benzene rings is 1. The van der Waals surface area contributed by atoms with Gasteiger partial charge >= 0.3 is 0 Å². The second kappa shape index (κ2) is 8.56. The molecule has 1 rings (SSSR count). The van der Waals surface area contributed by atoms with E-state index < -0.39 is 10.0 Å². The highest BCUT2D eigenvalue weighted by atomic mass is 35.5. The van der Waals surface area contributed by atoms with Crippen LogP contribution in [-0.4, -0.2) is 15.0 Å². The van der Waals surface area contributed by atoms with Crippen molar-refractivity contribution in [3.63, 3.8) is 0 Å². The molecule has 0 fully saturated rings. The molecule has 0 aliphatic heterocycles. The van der Waals surface area contributed by atoms with Crippen LogP contribution in [0.15, 0.2) is 29.2 Å². The number of nitrogens with one attached hydrogen (secondary N) is 1. The van der Waals surface area contributed by atoms with E-state index in [-0.39, 0.29) is 4.90 Å². The van der Waals surface area contributed by atoms with Gasteiger partial charge in [-0.2, -0.15) is 0 Å². The lowest BCUT2D eigenvalue weighted by Crippen LogP contribution is -2.24. The van der Waals surface area contributed by atoms with Crippen LogP contribution in [0.25, 0.3) is 0 Å². The van der Waals surface area contributed by atoms with Gasteiger partial charge in [0.2, 0.25) is 10.0 Å². The van der Waals surface area contributed by atoms with Crippen molar-refractivity contribution in [2.45, 2.75) is 50.3 Å². The van der Waals surface area contributed by atoms with Crippen molar-refractivity contribution in [3.8, 4) is 0 Å². The monoisotopic (exact) mass is 303 g/mol. The summed E-state index contributed by atoms with van der Waals surface area (Å²) in [6.45, 7) is 2.68. The number of hydrogen-bond acceptors (Lipinski definition) is 2. The van der Waals surface area contributed by atoms with Crippen molar-refractivity contribution in [3.05, 3.63) is 29.3 Å². The topological polar surface area (TPSA) is 46.2 Å². The molecule has 5 heteroatoms. The van der Waals surface area contributed by atoms with E-state index in [9.17, 15) is 8.42 Å². The standard InChI is InChI=1S/C14H22ClNO2S/c1-2-3-4-5-6-7-12-16-19(17,18)14-10-8-13(15)9-11-14/h8-11,16H,2-7,12H2,1H3. The molecule has 3 nitrogen and oxygen atoms in total. The van der Waals surface area contributed by atoms with Gasteiger partial charge in [-0.1, -0.05) is 50.6 Å². The third-order valence-electron chi connectivity index (χ3n) is 2.95. The molecule has 0 unspecified atom stereocenters. The minimum Gasteiger partial charge on any atom is -0.211 e. The zero-order chi connectivity index (χ0) is 14.1. The Hall–Kier alpha value is -0.580. The summed E-state index contributed by atoms with van der Waals surface area (Å²) in [7, 11) is -3.38. The quantitative estimate of drug-likeness (QED) is 0.701. The molecule has 0 atom stereocenters. The zero-order valence-electron chi connectivity index (χ0n) is 11.4. The Morgan fingerprint density at radius 1 is 1.00 bits per heavy atom. The predicted octanol–water partition coefficient (Wildman–Crippen LogP) is 3.98. The maximum absolute atomic E-state index is 11.9. The maximum atomic E-state index is 11.9. The average Bonchev–Trinajstić information content (AvgIpc) is 2.38. The first-order valence-corrected chi connectivity index (χ1v) is 8.67. The third-order valence-corrected chi connectivity index (χ3v) is 4.68. The van der Waals surface area contributed by atoms with Gasteiger partial charge in [-0.25, -0.2) is 13.1 Å². The van der Waals surface area contributed by atoms with Gasteiger partial charge in [0.1, 0.15) is 0 Å². The third kappa shape index (κ3) is 6.41. The fourth-order valence-corrected chi connectivity index (χ4v) is 3.01. The van der Waals surface area contributed by atoms with E-state index in [1.54, 1.807) is 12.1 Å². The van der Waals surface area contributed by atoms with Crippen molar-refractivity contribution in [1.82, 2.24) is 4.72 Å². The average molecular weight is 304 g/mol. The predicted molar refractivity (Wildman–Crippen MR) is 80.0 cm³/mol. The summed E-state index contributed by atoms with van der Waals surface area (Å²) < 4.78 is 26.5. The van der Waals surface area contributed by atoms with Gasteiger partial charge in [0, 0.05) is 11.6 Å². The van der Waals surface area contributed by atoms with Gasteiger partial charge in [0.25, 0.3) is 0 Å². The van der Waals surface area contributed by atoms with E-state index in [1.807, 2.05) is 0 Å². The Bertz CT molecular complexity index is 457. The molecule has 0 radical (unpaired) electrons. The highest BCUT2D eigenvalue weighted by Crippen LogP contribution is 2.14. The molecule has 0 saturated carbocycles. The molecule has 0 amide bonds. The van der Waals surface area contributed by atoms with Gasteiger partial charge in [-0.3, -0.25) is 0 Å². The van der Waals surface area contributed by atoms with Crippen LogP contribution in [0, 0.1) is 0 Å². The summed E-state index contributed by atoms with van der Waals surface area (Å²) in [4.78, 5) is 0.267. The Labute approximate surface area is 121 Å². The number of sulfonamides is 1. The summed E-state index contributed by atoms with van der Waals surface area (Å²) >= 11 is 5.73. The van der Waals surface area contributed by atoms with Gasteiger partial charge in [0.05, 0.1) is 4.90 Å². The lowest BCUT2D eigenvalue weighted by molar-refractivity contribution is 0.567. The molecule has 1 N–H and O–H groups in total. The van der Waals surface area contributed by atoms with Crippen LogP contribution in [-0.2, 0) is 10.0 Å². The largest absolute Gasteiger partial charge is 0.240 e. The highest BCUT2D eigenvalue weighted by Gasteiger charge is 2.12. The van der Waals surface area contributed by atoms with Gasteiger partial charge < -0.3 is 0 Å². The second-order valence-corrected chi connectivity index (χ2v) is 6.82. The van der Waals surface area contributed by atoms with E-state index in [2.05, 4.69) is 11.6 Å². The molecule has 0 aliphatic carbocycles. The molecule has 0 aliphatic rings. The van der Waals surface area contributed by atoms with E-state index >= 15 is 0 Å². The first-order chi connectivity index (χ1) is 9.06. The first kappa shape index (κ1) is 16.5. The smallest absolute Gasteiger partial charge is 0.211 e. The van der Waals surface area contributed by atoms with Crippen molar-refractivity contribution in [1.29, 1.82) is 0 Å². The van der Waals surface area contributed by atoms with Crippen LogP contribution in [0.3, 0.4) is 0 Å². The van der Waals surface area contributed by atoms with Crippen LogP contribution >= 0.6 is 11.6 Å². The molecule has 0 spiro atoms. The van der Waals surface area contributed by atoms with E-state index in [4.69, 9.17) is 11.6 Å². The van der Waals surface area contributed by atoms with Gasteiger partial charge in [-0.05, 0) is 30.7 Å². The summed E-state index contributed by atoms with van der Waals surface area (Å²) in [6.07, 6.45) is 6.86. The molecule has 0 heterocycles. The summed E-state index contributed by atoms with van der Waals surface area (Å²) in [5.74, 6) is 0. The van der Waals surface area contributed by atoms with E-state index in [0.29, 0.717) is 11.6 Å². The highest BCUT2D eigenvalue weighted by molar-refractivity contribution is 7.89. The van der Waals surface area contributed by atoms with Crippen LogP contribution < -0.4 is 4.72 Å². The van der Waals surface area contributed by atoms with Crippen molar-refractivity contribution in [2.75, 3.05) is 6.54 Å². The normalized spacial score (nSPS) is 11.7. The van der Waals surface area contributed by atoms with Crippen molar-refractivity contribution >= 4 is 21.6 Å². The van der Waals surface area contributed by atoms with Crippen molar-refractivity contribution < 1.29 is 8.42 Å². The molecule has 1 aromatic rings. The van der Waals surface area contributed by atoms with E-state index in [1.165, 1.54) is 37.8 Å². The summed E-state index contributed by atoms with van der Waals surface area (Å²) in [6, 6.07) is 6.21. The fraction of sp³-hybridized carbons (Fsp3) is 0.571.